The fourth-order valence-electron chi connectivity index (χ4n) is 0.939. The number of nitrogens with one attached hydrogen (secondary N) is 2. The highest BCUT2D eigenvalue weighted by Crippen LogP contribution is 2.06. The average Bonchev–Trinajstić information content (AvgIpc) is 2.41. The van der Waals surface area contributed by atoms with Crippen molar-refractivity contribution in [1.82, 2.24) is 15.6 Å². The number of hydrogen-bond donors (Lipinski definition) is 3. The molecule has 0 aliphatic heterocycles. The minimum absolute atomic E-state index is 0.245. The molecule has 0 saturated carbocycles. The van der Waals surface area contributed by atoms with Gasteiger partial charge in [0.2, 0.25) is 12.3 Å². The van der Waals surface area contributed by atoms with E-state index in [-0.39, 0.29) is 5.91 Å². The molecule has 0 aromatic carbocycles. The molecule has 1 heterocycles. The summed E-state index contributed by atoms with van der Waals surface area (Å²) in [5.41, 5.74) is 6.40. The Morgan fingerprint density at radius 3 is 2.61 bits per heavy atom. The van der Waals surface area contributed by atoms with E-state index in [1.54, 1.807) is 32.6 Å². The van der Waals surface area contributed by atoms with Crippen LogP contribution in [0, 0.1) is 0 Å². The van der Waals surface area contributed by atoms with Crippen molar-refractivity contribution < 1.29 is 9.59 Å². The number of carbonyl (C=O) groups is 2. The van der Waals surface area contributed by atoms with Crippen LogP contribution in [-0.2, 0) is 9.59 Å². The van der Waals surface area contributed by atoms with Gasteiger partial charge < -0.3 is 16.4 Å². The van der Waals surface area contributed by atoms with Gasteiger partial charge in [0.15, 0.2) is 0 Å². The maximum Gasteiger partial charge on any atom is 0.217 e. The van der Waals surface area contributed by atoms with Crippen LogP contribution >= 0.6 is 0 Å². The third kappa shape index (κ3) is 7.00. The van der Waals surface area contributed by atoms with E-state index in [2.05, 4.69) is 21.4 Å². The zero-order valence-corrected chi connectivity index (χ0v) is 10.5. The molecule has 0 unspecified atom stereocenters. The lowest BCUT2D eigenvalue weighted by molar-refractivity contribution is -0.117. The molecule has 18 heavy (non-hydrogen) atoms. The molecule has 1 rings (SSSR count). The van der Waals surface area contributed by atoms with Gasteiger partial charge in [0.25, 0.3) is 0 Å². The second-order valence-electron chi connectivity index (χ2n) is 3.15. The van der Waals surface area contributed by atoms with Crippen molar-refractivity contribution in [3.05, 3.63) is 36.3 Å². The Labute approximate surface area is 106 Å². The van der Waals surface area contributed by atoms with Crippen LogP contribution in [0.3, 0.4) is 0 Å². The summed E-state index contributed by atoms with van der Waals surface area (Å²) >= 11 is 0. The van der Waals surface area contributed by atoms with E-state index in [1.165, 1.54) is 0 Å². The van der Waals surface area contributed by atoms with E-state index in [0.29, 0.717) is 12.8 Å². The molecule has 0 fully saturated rings. The van der Waals surface area contributed by atoms with Gasteiger partial charge in [-0.05, 0) is 12.1 Å². The summed E-state index contributed by atoms with van der Waals surface area (Å²) in [6.07, 6.45) is 6.07. The molecule has 6 nitrogen and oxygen atoms in total. The highest BCUT2D eigenvalue weighted by molar-refractivity contribution is 5.73. The lowest BCUT2D eigenvalue weighted by Gasteiger charge is -2.04. The average molecular weight is 250 g/mol. The quantitative estimate of drug-likeness (QED) is 0.651. The molecular formula is C12H18N4O2. The number of amides is 2. The minimum atomic E-state index is -0.245. The molecule has 0 radical (unpaired) electrons. The molecule has 98 valence electrons. The van der Waals surface area contributed by atoms with E-state index >= 15 is 0 Å². The number of aromatic nitrogens is 1. The fraction of sp³-hybridized carbons (Fsp3) is 0.250. The van der Waals surface area contributed by atoms with Crippen LogP contribution in [0.5, 0.6) is 0 Å². The molecule has 0 atom stereocenters. The Balaban J connectivity index is 0.000000494. The van der Waals surface area contributed by atoms with Crippen molar-refractivity contribution >= 4 is 18.0 Å². The number of hydrogen-bond acceptors (Lipinski definition) is 4. The number of pyridine rings is 1. The molecule has 1 aromatic heterocycles. The summed E-state index contributed by atoms with van der Waals surface area (Å²) in [5.74, 6) is -0.245. The maximum atomic E-state index is 10.1. The van der Waals surface area contributed by atoms with Crippen molar-refractivity contribution in [2.75, 3.05) is 7.05 Å². The Hall–Kier alpha value is -2.37. The van der Waals surface area contributed by atoms with Crippen LogP contribution in [0.1, 0.15) is 18.9 Å². The van der Waals surface area contributed by atoms with Crippen LogP contribution in [0.4, 0.5) is 0 Å². The standard InChI is InChI=1S/C9H11N3O.C3H7NO/c1-10-9(6-12-7-13)8-3-2-4-11-5-8;1-2-3(4)5/h2-7,10H,1H3,(H,12,13);2H2,1H3,(H2,4,5)/b9-6-;. The van der Waals surface area contributed by atoms with Gasteiger partial charge >= 0.3 is 0 Å². The van der Waals surface area contributed by atoms with Gasteiger partial charge in [-0.3, -0.25) is 14.6 Å². The number of nitrogens with two attached hydrogens (primary N) is 1. The summed E-state index contributed by atoms with van der Waals surface area (Å²) in [4.78, 5) is 23.6. The van der Waals surface area contributed by atoms with Gasteiger partial charge in [0.05, 0.1) is 5.70 Å². The number of rotatable bonds is 5. The molecule has 0 saturated heterocycles. The van der Waals surface area contributed by atoms with Crippen molar-refractivity contribution in [3.63, 3.8) is 0 Å². The van der Waals surface area contributed by atoms with Gasteiger partial charge in [-0.15, -0.1) is 0 Å². The molecule has 0 bridgehead atoms. The number of nitrogens with zero attached hydrogens (tertiary/aromatic N) is 1. The summed E-state index contributed by atoms with van der Waals surface area (Å²) in [6.45, 7) is 1.72. The van der Waals surface area contributed by atoms with Crippen LogP contribution in [-0.4, -0.2) is 24.3 Å². The van der Waals surface area contributed by atoms with E-state index in [4.69, 9.17) is 0 Å². The van der Waals surface area contributed by atoms with Crippen molar-refractivity contribution in [3.8, 4) is 0 Å². The van der Waals surface area contributed by atoms with Gasteiger partial charge in [0.1, 0.15) is 0 Å². The Morgan fingerprint density at radius 2 is 2.22 bits per heavy atom. The fourth-order valence-corrected chi connectivity index (χ4v) is 0.939. The first-order chi connectivity index (χ1) is 8.65. The first-order valence-corrected chi connectivity index (χ1v) is 5.42. The van der Waals surface area contributed by atoms with Crippen LogP contribution < -0.4 is 16.4 Å². The molecule has 4 N–H and O–H groups in total. The van der Waals surface area contributed by atoms with E-state index in [9.17, 15) is 9.59 Å². The summed E-state index contributed by atoms with van der Waals surface area (Å²) < 4.78 is 0. The Bertz CT molecular complexity index is 390. The zero-order chi connectivity index (χ0) is 13.8. The molecular weight excluding hydrogens is 232 g/mol. The van der Waals surface area contributed by atoms with Gasteiger partial charge in [-0.25, -0.2) is 0 Å². The highest BCUT2D eigenvalue weighted by atomic mass is 16.1. The van der Waals surface area contributed by atoms with E-state index in [1.807, 2.05) is 12.1 Å². The maximum absolute atomic E-state index is 10.1. The third-order valence-corrected chi connectivity index (χ3v) is 1.89. The molecule has 6 heteroatoms. The smallest absolute Gasteiger partial charge is 0.217 e. The van der Waals surface area contributed by atoms with Gasteiger partial charge in [0, 0.05) is 37.6 Å². The topological polar surface area (TPSA) is 97.1 Å². The second-order valence-corrected chi connectivity index (χ2v) is 3.15. The van der Waals surface area contributed by atoms with E-state index in [0.717, 1.165) is 11.3 Å². The monoisotopic (exact) mass is 250 g/mol. The highest BCUT2D eigenvalue weighted by Gasteiger charge is 1.96. The molecule has 2 amide bonds. The first kappa shape index (κ1) is 15.6. The SMILES string of the molecule is CCC(N)=O.CN/C(=C\NC=O)c1cccnc1. The summed E-state index contributed by atoms with van der Waals surface area (Å²) in [5, 5.41) is 5.42. The van der Waals surface area contributed by atoms with Crippen LogP contribution in [0.15, 0.2) is 30.7 Å². The number of primary amides is 1. The zero-order valence-electron chi connectivity index (χ0n) is 10.5. The Morgan fingerprint density at radius 1 is 1.56 bits per heavy atom. The van der Waals surface area contributed by atoms with E-state index < -0.39 is 0 Å². The summed E-state index contributed by atoms with van der Waals surface area (Å²) in [7, 11) is 1.78. The van der Waals surface area contributed by atoms with Gasteiger partial charge in [-0.1, -0.05) is 6.92 Å². The minimum Gasteiger partial charge on any atom is -0.386 e. The first-order valence-electron chi connectivity index (χ1n) is 5.42. The van der Waals surface area contributed by atoms with Crippen molar-refractivity contribution in [2.24, 2.45) is 5.73 Å². The van der Waals surface area contributed by atoms with Crippen molar-refractivity contribution in [1.29, 1.82) is 0 Å². The lowest BCUT2D eigenvalue weighted by Crippen LogP contribution is -2.10. The predicted molar refractivity (Wildman–Crippen MR) is 70.0 cm³/mol. The van der Waals surface area contributed by atoms with Crippen LogP contribution in [0.25, 0.3) is 5.70 Å². The molecule has 0 spiro atoms. The van der Waals surface area contributed by atoms with Crippen molar-refractivity contribution in [2.45, 2.75) is 13.3 Å². The molecule has 0 aliphatic carbocycles. The molecule has 1 aromatic rings. The van der Waals surface area contributed by atoms with Gasteiger partial charge in [-0.2, -0.15) is 0 Å². The summed E-state index contributed by atoms with van der Waals surface area (Å²) in [6, 6.07) is 3.74. The largest absolute Gasteiger partial charge is 0.386 e. The van der Waals surface area contributed by atoms with Crippen LogP contribution in [0.2, 0.25) is 0 Å². The number of carbonyl (C=O) groups excluding carboxylic acids is 2. The predicted octanol–water partition coefficient (Wildman–Crippen LogP) is 0.227. The molecule has 0 aliphatic rings. The Kier molecular flexibility index (Phi) is 8.53. The second kappa shape index (κ2) is 9.83. The normalized spacial score (nSPS) is 9.78. The lowest BCUT2D eigenvalue weighted by atomic mass is 10.2. The third-order valence-electron chi connectivity index (χ3n) is 1.89.